The number of rotatable bonds is 6. The van der Waals surface area contributed by atoms with E-state index in [0.717, 1.165) is 10.0 Å². The zero-order chi connectivity index (χ0) is 21.7. The Morgan fingerprint density at radius 1 is 1.03 bits per heavy atom. The van der Waals surface area contributed by atoms with Crippen LogP contribution in [-0.4, -0.2) is 23.7 Å². The van der Waals surface area contributed by atoms with E-state index >= 15 is 0 Å². The first-order chi connectivity index (χ1) is 14.4. The molecule has 0 amide bonds. The summed E-state index contributed by atoms with van der Waals surface area (Å²) in [5, 5.41) is 12.8. The number of dihydropyridines is 1. The molecule has 0 aliphatic carbocycles. The number of hydrogen-bond acceptors (Lipinski definition) is 4. The van der Waals surface area contributed by atoms with Crippen molar-refractivity contribution in [1.82, 2.24) is 5.32 Å². The number of halogens is 1. The minimum atomic E-state index is -1.07. The molecule has 154 valence electrons. The molecule has 5 nitrogen and oxygen atoms in total. The largest absolute Gasteiger partial charge is 0.478 e. The van der Waals surface area contributed by atoms with Gasteiger partial charge in [0.1, 0.15) is 6.61 Å². The van der Waals surface area contributed by atoms with E-state index in [2.05, 4.69) is 21.2 Å². The molecule has 1 heterocycles. The van der Waals surface area contributed by atoms with Gasteiger partial charge in [-0.1, -0.05) is 64.5 Å². The standard InChI is InChI=1S/C24H22BrNO4/c1-15-20(23(27)28)22(18-10-12-19(25)13-11-18)21(16(2)26-15)24(29)30-14-6-9-17-7-4-3-5-8-17/h3-13,22,26H,14H2,1-2H3,(H,27,28). The zero-order valence-electron chi connectivity index (χ0n) is 16.7. The molecule has 0 bridgehead atoms. The van der Waals surface area contributed by atoms with Crippen LogP contribution in [0.3, 0.4) is 0 Å². The van der Waals surface area contributed by atoms with Gasteiger partial charge in [0.25, 0.3) is 0 Å². The van der Waals surface area contributed by atoms with Gasteiger partial charge >= 0.3 is 11.9 Å². The summed E-state index contributed by atoms with van der Waals surface area (Å²) in [6.07, 6.45) is 3.62. The summed E-state index contributed by atoms with van der Waals surface area (Å²) in [5.74, 6) is -2.34. The zero-order valence-corrected chi connectivity index (χ0v) is 18.3. The van der Waals surface area contributed by atoms with Crippen LogP contribution in [0.15, 0.2) is 87.7 Å². The Bertz CT molecular complexity index is 1040. The number of ether oxygens (including phenoxy) is 1. The summed E-state index contributed by atoms with van der Waals surface area (Å²) in [5.41, 5.74) is 3.24. The van der Waals surface area contributed by atoms with Crippen LogP contribution in [0.2, 0.25) is 0 Å². The van der Waals surface area contributed by atoms with Crippen LogP contribution in [-0.2, 0) is 14.3 Å². The fourth-order valence-corrected chi connectivity index (χ4v) is 3.75. The average Bonchev–Trinajstić information content (AvgIpc) is 2.71. The maximum atomic E-state index is 13.0. The van der Waals surface area contributed by atoms with E-state index in [1.54, 1.807) is 19.9 Å². The van der Waals surface area contributed by atoms with Gasteiger partial charge in [-0.05, 0) is 43.2 Å². The lowest BCUT2D eigenvalue weighted by molar-refractivity contribution is -0.138. The summed E-state index contributed by atoms with van der Waals surface area (Å²) in [6, 6.07) is 17.0. The monoisotopic (exact) mass is 467 g/mol. The number of aliphatic carboxylic acids is 1. The molecule has 0 spiro atoms. The van der Waals surface area contributed by atoms with Gasteiger partial charge in [0, 0.05) is 15.9 Å². The van der Waals surface area contributed by atoms with Crippen molar-refractivity contribution >= 4 is 33.9 Å². The predicted octanol–water partition coefficient (Wildman–Crippen LogP) is 5.03. The van der Waals surface area contributed by atoms with Gasteiger partial charge in [-0.25, -0.2) is 9.59 Å². The second-order valence-electron chi connectivity index (χ2n) is 6.90. The van der Waals surface area contributed by atoms with Crippen molar-refractivity contribution in [2.24, 2.45) is 0 Å². The third kappa shape index (κ3) is 4.89. The van der Waals surface area contributed by atoms with E-state index in [1.807, 2.05) is 60.7 Å². The molecule has 0 fully saturated rings. The molecule has 30 heavy (non-hydrogen) atoms. The van der Waals surface area contributed by atoms with E-state index < -0.39 is 17.9 Å². The SMILES string of the molecule is CC1=C(C(=O)O)C(c2ccc(Br)cc2)C(C(=O)OCC=Cc2ccccc2)=C(C)N1. The fraction of sp³-hybridized carbons (Fsp3) is 0.167. The van der Waals surface area contributed by atoms with Crippen LogP contribution in [0.5, 0.6) is 0 Å². The van der Waals surface area contributed by atoms with Crippen LogP contribution in [0.4, 0.5) is 0 Å². The van der Waals surface area contributed by atoms with E-state index in [4.69, 9.17) is 4.74 Å². The van der Waals surface area contributed by atoms with E-state index in [9.17, 15) is 14.7 Å². The number of carboxylic acids is 1. The van der Waals surface area contributed by atoms with Crippen molar-refractivity contribution in [3.63, 3.8) is 0 Å². The number of allylic oxidation sites excluding steroid dienone is 2. The van der Waals surface area contributed by atoms with Crippen LogP contribution in [0, 0.1) is 0 Å². The van der Waals surface area contributed by atoms with Crippen molar-refractivity contribution in [3.8, 4) is 0 Å². The van der Waals surface area contributed by atoms with Crippen LogP contribution in [0.1, 0.15) is 30.9 Å². The van der Waals surface area contributed by atoms with Crippen molar-refractivity contribution in [2.45, 2.75) is 19.8 Å². The molecule has 0 radical (unpaired) electrons. The van der Waals surface area contributed by atoms with Crippen molar-refractivity contribution in [1.29, 1.82) is 0 Å². The molecule has 0 saturated heterocycles. The molecule has 0 aromatic heterocycles. The summed E-state index contributed by atoms with van der Waals surface area (Å²) >= 11 is 3.39. The van der Waals surface area contributed by atoms with E-state index in [0.29, 0.717) is 22.5 Å². The molecule has 1 aliphatic rings. The van der Waals surface area contributed by atoms with E-state index in [-0.39, 0.29) is 12.2 Å². The molecule has 2 aromatic rings. The molecule has 1 unspecified atom stereocenters. The van der Waals surface area contributed by atoms with Gasteiger partial charge in [-0.15, -0.1) is 0 Å². The minimum Gasteiger partial charge on any atom is -0.478 e. The highest BCUT2D eigenvalue weighted by Crippen LogP contribution is 2.39. The molecule has 6 heteroatoms. The van der Waals surface area contributed by atoms with Crippen LogP contribution >= 0.6 is 15.9 Å². The lowest BCUT2D eigenvalue weighted by Crippen LogP contribution is -2.31. The Balaban J connectivity index is 1.87. The Labute approximate surface area is 183 Å². The van der Waals surface area contributed by atoms with Crippen molar-refractivity contribution in [2.75, 3.05) is 6.61 Å². The Hall–Kier alpha value is -3.12. The lowest BCUT2D eigenvalue weighted by Gasteiger charge is -2.29. The first kappa shape index (κ1) is 21.6. The van der Waals surface area contributed by atoms with Crippen molar-refractivity contribution in [3.05, 3.63) is 98.8 Å². The average molecular weight is 468 g/mol. The quantitative estimate of drug-likeness (QED) is 0.582. The second-order valence-corrected chi connectivity index (χ2v) is 7.82. The molecule has 0 saturated carbocycles. The first-order valence-electron chi connectivity index (χ1n) is 9.44. The number of carbonyl (C=O) groups is 2. The van der Waals surface area contributed by atoms with Gasteiger partial charge < -0.3 is 15.2 Å². The molecule has 3 rings (SSSR count). The van der Waals surface area contributed by atoms with Gasteiger partial charge in [-0.2, -0.15) is 0 Å². The summed E-state index contributed by atoms with van der Waals surface area (Å²) in [7, 11) is 0. The lowest BCUT2D eigenvalue weighted by atomic mass is 9.80. The molecular weight excluding hydrogens is 446 g/mol. The highest BCUT2D eigenvalue weighted by atomic mass is 79.9. The second kappa shape index (κ2) is 9.59. The molecule has 1 aliphatic heterocycles. The summed E-state index contributed by atoms with van der Waals surface area (Å²) in [4.78, 5) is 25.0. The van der Waals surface area contributed by atoms with Gasteiger partial charge in [0.2, 0.25) is 0 Å². The smallest absolute Gasteiger partial charge is 0.337 e. The van der Waals surface area contributed by atoms with Gasteiger partial charge in [-0.3, -0.25) is 0 Å². The molecular formula is C24H22BrNO4. The highest BCUT2D eigenvalue weighted by Gasteiger charge is 2.37. The van der Waals surface area contributed by atoms with Gasteiger partial charge in [0.15, 0.2) is 0 Å². The molecule has 2 N–H and O–H groups in total. The van der Waals surface area contributed by atoms with Crippen LogP contribution in [0.25, 0.3) is 6.08 Å². The summed E-state index contributed by atoms with van der Waals surface area (Å²) < 4.78 is 6.33. The molecule has 2 aromatic carbocycles. The third-order valence-electron chi connectivity index (χ3n) is 4.83. The fourth-order valence-electron chi connectivity index (χ4n) is 3.49. The van der Waals surface area contributed by atoms with Crippen LogP contribution < -0.4 is 5.32 Å². The number of nitrogens with one attached hydrogen (secondary N) is 1. The van der Waals surface area contributed by atoms with Gasteiger partial charge in [0.05, 0.1) is 17.1 Å². The number of hydrogen-bond donors (Lipinski definition) is 2. The Kier molecular flexibility index (Phi) is 6.90. The number of esters is 1. The third-order valence-corrected chi connectivity index (χ3v) is 5.36. The Morgan fingerprint density at radius 2 is 1.67 bits per heavy atom. The minimum absolute atomic E-state index is 0.0860. The highest BCUT2D eigenvalue weighted by molar-refractivity contribution is 9.10. The maximum Gasteiger partial charge on any atom is 0.337 e. The topological polar surface area (TPSA) is 75.6 Å². The number of benzene rings is 2. The number of carbonyl (C=O) groups excluding carboxylic acids is 1. The van der Waals surface area contributed by atoms with E-state index in [1.165, 1.54) is 0 Å². The first-order valence-corrected chi connectivity index (χ1v) is 10.2. The maximum absolute atomic E-state index is 13.0. The predicted molar refractivity (Wildman–Crippen MR) is 119 cm³/mol. The number of carboxylic acid groups (broad SMARTS) is 1. The summed E-state index contributed by atoms with van der Waals surface area (Å²) in [6.45, 7) is 3.54. The Morgan fingerprint density at radius 3 is 2.30 bits per heavy atom. The van der Waals surface area contributed by atoms with Crippen molar-refractivity contribution < 1.29 is 19.4 Å². The normalized spacial score (nSPS) is 16.6. The molecule has 1 atom stereocenters.